The third-order valence-corrected chi connectivity index (χ3v) is 3.13. The first-order valence-corrected chi connectivity index (χ1v) is 6.21. The second-order valence-electron chi connectivity index (χ2n) is 5.04. The van der Waals surface area contributed by atoms with E-state index in [1.807, 2.05) is 36.9 Å². The number of aryl methyl sites for hydroxylation is 4. The molecule has 1 aromatic heterocycles. The maximum atomic E-state index is 10.3. The molecule has 1 heterocycles. The molecule has 1 aromatic carbocycles. The summed E-state index contributed by atoms with van der Waals surface area (Å²) in [5.41, 5.74) is 5.39. The van der Waals surface area contributed by atoms with E-state index in [9.17, 15) is 5.11 Å². The maximum Gasteiger partial charge on any atom is 0.0845 e. The number of benzene rings is 1. The summed E-state index contributed by atoms with van der Waals surface area (Å²) in [4.78, 5) is 0. The third kappa shape index (κ3) is 2.79. The van der Waals surface area contributed by atoms with Crippen molar-refractivity contribution in [3.8, 4) is 0 Å². The first-order valence-electron chi connectivity index (χ1n) is 6.21. The quantitative estimate of drug-likeness (QED) is 0.901. The summed E-state index contributed by atoms with van der Waals surface area (Å²) in [6, 6.07) is 8.22. The van der Waals surface area contributed by atoms with Crippen LogP contribution in [-0.2, 0) is 13.5 Å². The van der Waals surface area contributed by atoms with Gasteiger partial charge in [-0.3, -0.25) is 4.68 Å². The molecule has 1 N–H and O–H groups in total. The summed E-state index contributed by atoms with van der Waals surface area (Å²) in [5.74, 6) is 0. The predicted octanol–water partition coefficient (Wildman–Crippen LogP) is 2.62. The van der Waals surface area contributed by atoms with E-state index in [1.165, 1.54) is 11.1 Å². The number of hydrogen-bond donors (Lipinski definition) is 1. The smallest absolute Gasteiger partial charge is 0.0845 e. The topological polar surface area (TPSA) is 38.1 Å². The zero-order chi connectivity index (χ0) is 13.3. The number of aliphatic hydroxyl groups is 1. The first-order chi connectivity index (χ1) is 8.45. The monoisotopic (exact) mass is 244 g/mol. The van der Waals surface area contributed by atoms with E-state index >= 15 is 0 Å². The largest absolute Gasteiger partial charge is 0.388 e. The highest BCUT2D eigenvalue weighted by Gasteiger charge is 2.12. The number of aromatic nitrogens is 2. The van der Waals surface area contributed by atoms with Gasteiger partial charge in [-0.1, -0.05) is 29.3 Å². The van der Waals surface area contributed by atoms with Gasteiger partial charge in [-0.05, 0) is 32.4 Å². The molecular formula is C15H20N2O. The molecule has 0 aliphatic carbocycles. The minimum atomic E-state index is -0.474. The van der Waals surface area contributed by atoms with Crippen LogP contribution in [0.5, 0.6) is 0 Å². The molecule has 3 heteroatoms. The molecule has 96 valence electrons. The van der Waals surface area contributed by atoms with Crippen LogP contribution in [0.3, 0.4) is 0 Å². The fourth-order valence-corrected chi connectivity index (χ4v) is 2.37. The molecule has 3 nitrogen and oxygen atoms in total. The molecule has 0 bridgehead atoms. The van der Waals surface area contributed by atoms with Crippen molar-refractivity contribution in [3.63, 3.8) is 0 Å². The number of rotatable bonds is 3. The van der Waals surface area contributed by atoms with E-state index in [0.717, 1.165) is 17.0 Å². The van der Waals surface area contributed by atoms with Crippen LogP contribution in [0.1, 0.15) is 34.2 Å². The maximum absolute atomic E-state index is 10.3. The van der Waals surface area contributed by atoms with Crippen molar-refractivity contribution < 1.29 is 5.11 Å². The van der Waals surface area contributed by atoms with Crippen LogP contribution in [0.2, 0.25) is 0 Å². The average Bonchev–Trinajstić information content (AvgIpc) is 2.56. The Morgan fingerprint density at radius 2 is 1.72 bits per heavy atom. The van der Waals surface area contributed by atoms with Gasteiger partial charge in [-0.25, -0.2) is 0 Å². The highest BCUT2D eigenvalue weighted by Crippen LogP contribution is 2.21. The summed E-state index contributed by atoms with van der Waals surface area (Å²) in [6.45, 7) is 6.07. The molecule has 0 aliphatic rings. The van der Waals surface area contributed by atoms with Crippen LogP contribution >= 0.6 is 0 Å². The van der Waals surface area contributed by atoms with E-state index in [0.29, 0.717) is 6.42 Å². The SMILES string of the molecule is Cc1cc(C)cc(C(O)Cc2cc(C)nn2C)c1. The second kappa shape index (κ2) is 4.94. The molecule has 0 radical (unpaired) electrons. The lowest BCUT2D eigenvalue weighted by molar-refractivity contribution is 0.175. The average molecular weight is 244 g/mol. The molecule has 0 fully saturated rings. The van der Waals surface area contributed by atoms with Crippen LogP contribution < -0.4 is 0 Å². The molecule has 1 unspecified atom stereocenters. The Kier molecular flexibility index (Phi) is 3.53. The highest BCUT2D eigenvalue weighted by atomic mass is 16.3. The van der Waals surface area contributed by atoms with Gasteiger partial charge in [-0.15, -0.1) is 0 Å². The van der Waals surface area contributed by atoms with Crippen molar-refractivity contribution >= 4 is 0 Å². The van der Waals surface area contributed by atoms with Crippen molar-refractivity contribution in [2.45, 2.75) is 33.3 Å². The Labute approximate surface area is 108 Å². The standard InChI is InChI=1S/C15H20N2O/c1-10-5-11(2)7-13(6-10)15(18)9-14-8-12(3)16-17(14)4/h5-8,15,18H,9H2,1-4H3. The lowest BCUT2D eigenvalue weighted by atomic mass is 10.00. The summed E-state index contributed by atoms with van der Waals surface area (Å²) >= 11 is 0. The van der Waals surface area contributed by atoms with Crippen LogP contribution in [0, 0.1) is 20.8 Å². The van der Waals surface area contributed by atoms with Gasteiger partial charge in [0.2, 0.25) is 0 Å². The normalized spacial score (nSPS) is 12.7. The van der Waals surface area contributed by atoms with Gasteiger partial charge < -0.3 is 5.11 Å². The van der Waals surface area contributed by atoms with Gasteiger partial charge in [0.15, 0.2) is 0 Å². The van der Waals surface area contributed by atoms with Crippen LogP contribution in [0.4, 0.5) is 0 Å². The molecular weight excluding hydrogens is 224 g/mol. The molecule has 0 spiro atoms. The van der Waals surface area contributed by atoms with Crippen molar-refractivity contribution in [1.29, 1.82) is 0 Å². The fourth-order valence-electron chi connectivity index (χ4n) is 2.37. The Bertz CT molecular complexity index is 537. The fraction of sp³-hybridized carbons (Fsp3) is 0.400. The molecule has 2 rings (SSSR count). The van der Waals surface area contributed by atoms with Gasteiger partial charge in [0.1, 0.15) is 0 Å². The van der Waals surface area contributed by atoms with Gasteiger partial charge in [0.25, 0.3) is 0 Å². The van der Waals surface area contributed by atoms with Crippen LogP contribution in [0.25, 0.3) is 0 Å². The zero-order valence-electron chi connectivity index (χ0n) is 11.4. The molecule has 18 heavy (non-hydrogen) atoms. The van der Waals surface area contributed by atoms with Crippen LogP contribution in [0.15, 0.2) is 24.3 Å². The molecule has 1 atom stereocenters. The predicted molar refractivity (Wildman–Crippen MR) is 72.5 cm³/mol. The molecule has 0 saturated heterocycles. The van der Waals surface area contributed by atoms with E-state index in [2.05, 4.69) is 25.0 Å². The summed E-state index contributed by atoms with van der Waals surface area (Å²) in [7, 11) is 1.91. The second-order valence-corrected chi connectivity index (χ2v) is 5.04. The summed E-state index contributed by atoms with van der Waals surface area (Å²) in [5, 5.41) is 14.6. The van der Waals surface area contributed by atoms with Gasteiger partial charge in [0, 0.05) is 19.2 Å². The van der Waals surface area contributed by atoms with Crippen molar-refractivity contribution in [2.24, 2.45) is 7.05 Å². The zero-order valence-corrected chi connectivity index (χ0v) is 11.4. The lowest BCUT2D eigenvalue weighted by Crippen LogP contribution is -2.07. The van der Waals surface area contributed by atoms with E-state index in [-0.39, 0.29) is 0 Å². The number of aliphatic hydroxyl groups excluding tert-OH is 1. The van der Waals surface area contributed by atoms with Crippen LogP contribution in [-0.4, -0.2) is 14.9 Å². The summed E-state index contributed by atoms with van der Waals surface area (Å²) < 4.78 is 1.83. The first kappa shape index (κ1) is 12.8. The molecule has 2 aromatic rings. The summed E-state index contributed by atoms with van der Waals surface area (Å²) in [6.07, 6.45) is 0.124. The third-order valence-electron chi connectivity index (χ3n) is 3.13. The minimum absolute atomic E-state index is 0.474. The molecule has 0 amide bonds. The highest BCUT2D eigenvalue weighted by molar-refractivity contribution is 5.30. The molecule has 0 aliphatic heterocycles. The van der Waals surface area contributed by atoms with Crippen molar-refractivity contribution in [2.75, 3.05) is 0 Å². The van der Waals surface area contributed by atoms with E-state index < -0.39 is 6.10 Å². The van der Waals surface area contributed by atoms with Gasteiger partial charge >= 0.3 is 0 Å². The van der Waals surface area contributed by atoms with Crippen molar-refractivity contribution in [3.05, 3.63) is 52.3 Å². The van der Waals surface area contributed by atoms with Crippen molar-refractivity contribution in [1.82, 2.24) is 9.78 Å². The van der Waals surface area contributed by atoms with Gasteiger partial charge in [0.05, 0.1) is 11.8 Å². The van der Waals surface area contributed by atoms with Gasteiger partial charge in [-0.2, -0.15) is 5.10 Å². The Morgan fingerprint density at radius 3 is 2.22 bits per heavy atom. The number of hydrogen-bond acceptors (Lipinski definition) is 2. The number of nitrogens with zero attached hydrogens (tertiary/aromatic N) is 2. The Morgan fingerprint density at radius 1 is 1.11 bits per heavy atom. The molecule has 0 saturated carbocycles. The Balaban J connectivity index is 2.21. The van der Waals surface area contributed by atoms with E-state index in [4.69, 9.17) is 0 Å². The minimum Gasteiger partial charge on any atom is -0.388 e. The lowest BCUT2D eigenvalue weighted by Gasteiger charge is -2.13. The van der Waals surface area contributed by atoms with E-state index in [1.54, 1.807) is 0 Å². The Hall–Kier alpha value is -1.61.